The maximum absolute atomic E-state index is 5.85. The van der Waals surface area contributed by atoms with Crippen molar-refractivity contribution in [1.29, 1.82) is 0 Å². The SMILES string of the molecule is CCSc1ccc(-c2noc([C@H](N)CC)n2)cc1. The average Bonchev–Trinajstić information content (AvgIpc) is 2.89. The standard InChI is InChI=1S/C13H17N3OS/c1-3-11(14)13-15-12(16-17-13)9-5-7-10(8-6-9)18-4-2/h5-8,11H,3-4,14H2,1-2H3/t11-/m1/s1. The van der Waals surface area contributed by atoms with Gasteiger partial charge in [0.2, 0.25) is 11.7 Å². The van der Waals surface area contributed by atoms with Gasteiger partial charge < -0.3 is 10.3 Å². The minimum Gasteiger partial charge on any atom is -0.337 e. The second kappa shape index (κ2) is 6.02. The van der Waals surface area contributed by atoms with Crippen LogP contribution in [0.15, 0.2) is 33.7 Å². The molecule has 0 saturated carbocycles. The molecule has 2 N–H and O–H groups in total. The molecule has 1 aromatic heterocycles. The van der Waals surface area contributed by atoms with Crippen LogP contribution in [-0.4, -0.2) is 15.9 Å². The van der Waals surface area contributed by atoms with Gasteiger partial charge in [-0.05, 0) is 36.4 Å². The molecule has 0 aliphatic rings. The number of thioether (sulfide) groups is 1. The van der Waals surface area contributed by atoms with Crippen LogP contribution in [0.5, 0.6) is 0 Å². The molecule has 2 aromatic rings. The van der Waals surface area contributed by atoms with E-state index in [1.165, 1.54) is 4.90 Å². The Morgan fingerprint density at radius 2 is 2.00 bits per heavy atom. The van der Waals surface area contributed by atoms with E-state index in [0.29, 0.717) is 11.7 Å². The van der Waals surface area contributed by atoms with Gasteiger partial charge in [-0.3, -0.25) is 0 Å². The minimum atomic E-state index is -0.179. The molecule has 0 spiro atoms. The minimum absolute atomic E-state index is 0.179. The summed E-state index contributed by atoms with van der Waals surface area (Å²) in [5.41, 5.74) is 6.80. The summed E-state index contributed by atoms with van der Waals surface area (Å²) in [6.07, 6.45) is 0.785. The quantitative estimate of drug-likeness (QED) is 0.839. The van der Waals surface area contributed by atoms with Crippen LogP contribution in [0.1, 0.15) is 32.2 Å². The van der Waals surface area contributed by atoms with Gasteiger partial charge in [-0.2, -0.15) is 4.98 Å². The number of rotatable bonds is 5. The lowest BCUT2D eigenvalue weighted by Gasteiger charge is -2.00. The summed E-state index contributed by atoms with van der Waals surface area (Å²) in [6, 6.07) is 7.97. The molecule has 1 heterocycles. The van der Waals surface area contributed by atoms with Crippen LogP contribution < -0.4 is 5.73 Å². The zero-order valence-electron chi connectivity index (χ0n) is 10.6. The maximum Gasteiger partial charge on any atom is 0.243 e. The normalized spacial score (nSPS) is 12.6. The lowest BCUT2D eigenvalue weighted by Crippen LogP contribution is -2.08. The van der Waals surface area contributed by atoms with Crippen molar-refractivity contribution in [3.63, 3.8) is 0 Å². The number of nitrogens with zero attached hydrogens (tertiary/aromatic N) is 2. The molecule has 0 aliphatic carbocycles. The summed E-state index contributed by atoms with van der Waals surface area (Å²) in [4.78, 5) is 5.56. The number of benzene rings is 1. The summed E-state index contributed by atoms with van der Waals surface area (Å²) in [7, 11) is 0. The topological polar surface area (TPSA) is 64.9 Å². The first-order valence-corrected chi connectivity index (χ1v) is 7.05. The molecular weight excluding hydrogens is 246 g/mol. The smallest absolute Gasteiger partial charge is 0.243 e. The highest BCUT2D eigenvalue weighted by Crippen LogP contribution is 2.23. The number of hydrogen-bond donors (Lipinski definition) is 1. The molecule has 0 radical (unpaired) electrons. The van der Waals surface area contributed by atoms with Crippen LogP contribution in [-0.2, 0) is 0 Å². The summed E-state index contributed by atoms with van der Waals surface area (Å²) in [5, 5.41) is 3.96. The molecule has 4 nitrogen and oxygen atoms in total. The summed E-state index contributed by atoms with van der Waals surface area (Å²) >= 11 is 1.81. The second-order valence-electron chi connectivity index (χ2n) is 3.93. The van der Waals surface area contributed by atoms with Gasteiger partial charge in [0.05, 0.1) is 6.04 Å². The first-order chi connectivity index (χ1) is 8.74. The molecule has 18 heavy (non-hydrogen) atoms. The van der Waals surface area contributed by atoms with Crippen molar-refractivity contribution in [3.8, 4) is 11.4 Å². The highest BCUT2D eigenvalue weighted by Gasteiger charge is 2.13. The predicted molar refractivity (Wildman–Crippen MR) is 73.4 cm³/mol. The van der Waals surface area contributed by atoms with E-state index < -0.39 is 0 Å². The van der Waals surface area contributed by atoms with Crippen molar-refractivity contribution in [1.82, 2.24) is 10.1 Å². The first kappa shape index (κ1) is 13.1. The van der Waals surface area contributed by atoms with E-state index in [2.05, 4.69) is 29.2 Å². The molecule has 1 aromatic carbocycles. The van der Waals surface area contributed by atoms with Gasteiger partial charge in [-0.15, -0.1) is 11.8 Å². The fourth-order valence-electron chi connectivity index (χ4n) is 1.54. The Morgan fingerprint density at radius 1 is 1.28 bits per heavy atom. The summed E-state index contributed by atoms with van der Waals surface area (Å²) in [6.45, 7) is 4.13. The van der Waals surface area contributed by atoms with Crippen molar-refractivity contribution >= 4 is 11.8 Å². The van der Waals surface area contributed by atoms with Gasteiger partial charge in [0.1, 0.15) is 0 Å². The van der Waals surface area contributed by atoms with Gasteiger partial charge >= 0.3 is 0 Å². The molecule has 0 unspecified atom stereocenters. The van der Waals surface area contributed by atoms with Gasteiger partial charge in [-0.1, -0.05) is 19.0 Å². The van der Waals surface area contributed by atoms with Crippen LogP contribution in [0.4, 0.5) is 0 Å². The molecule has 2 rings (SSSR count). The van der Waals surface area contributed by atoms with Crippen molar-refractivity contribution in [2.45, 2.75) is 31.2 Å². The summed E-state index contributed by atoms with van der Waals surface area (Å²) < 4.78 is 5.16. The van der Waals surface area contributed by atoms with Crippen LogP contribution in [0.25, 0.3) is 11.4 Å². The zero-order valence-corrected chi connectivity index (χ0v) is 11.4. The monoisotopic (exact) mass is 263 g/mol. The Morgan fingerprint density at radius 3 is 2.61 bits per heavy atom. The van der Waals surface area contributed by atoms with Crippen molar-refractivity contribution in [2.75, 3.05) is 5.75 Å². The van der Waals surface area contributed by atoms with Gasteiger partial charge in [0.15, 0.2) is 0 Å². The lowest BCUT2D eigenvalue weighted by molar-refractivity contribution is 0.352. The molecule has 0 saturated heterocycles. The fourth-order valence-corrected chi connectivity index (χ4v) is 2.21. The third-order valence-electron chi connectivity index (χ3n) is 2.62. The Balaban J connectivity index is 2.18. The highest BCUT2D eigenvalue weighted by atomic mass is 32.2. The fraction of sp³-hybridized carbons (Fsp3) is 0.385. The number of hydrogen-bond acceptors (Lipinski definition) is 5. The summed E-state index contributed by atoms with van der Waals surface area (Å²) in [5.74, 6) is 2.17. The molecule has 0 amide bonds. The van der Waals surface area contributed by atoms with Crippen LogP contribution in [0.2, 0.25) is 0 Å². The molecule has 1 atom stereocenters. The Hall–Kier alpha value is -1.33. The third kappa shape index (κ3) is 2.91. The van der Waals surface area contributed by atoms with E-state index in [9.17, 15) is 0 Å². The van der Waals surface area contributed by atoms with Crippen molar-refractivity contribution in [3.05, 3.63) is 30.2 Å². The van der Waals surface area contributed by atoms with Crippen LogP contribution in [0.3, 0.4) is 0 Å². The highest BCUT2D eigenvalue weighted by molar-refractivity contribution is 7.99. The van der Waals surface area contributed by atoms with E-state index in [0.717, 1.165) is 17.7 Å². The van der Waals surface area contributed by atoms with Gasteiger partial charge in [-0.25, -0.2) is 0 Å². The van der Waals surface area contributed by atoms with Crippen LogP contribution in [0, 0.1) is 0 Å². The molecule has 0 bridgehead atoms. The molecule has 0 fully saturated rings. The predicted octanol–water partition coefficient (Wildman–Crippen LogP) is 3.26. The van der Waals surface area contributed by atoms with Crippen LogP contribution >= 0.6 is 11.8 Å². The van der Waals surface area contributed by atoms with E-state index >= 15 is 0 Å². The van der Waals surface area contributed by atoms with Gasteiger partial charge in [0, 0.05) is 10.5 Å². The molecule has 0 aliphatic heterocycles. The number of nitrogens with two attached hydrogens (primary N) is 1. The molecule has 96 valence electrons. The van der Waals surface area contributed by atoms with E-state index in [4.69, 9.17) is 10.3 Å². The average molecular weight is 263 g/mol. The van der Waals surface area contributed by atoms with E-state index in [1.54, 1.807) is 0 Å². The van der Waals surface area contributed by atoms with Crippen molar-refractivity contribution in [2.24, 2.45) is 5.73 Å². The lowest BCUT2D eigenvalue weighted by atomic mass is 10.2. The second-order valence-corrected chi connectivity index (χ2v) is 5.27. The Kier molecular flexibility index (Phi) is 4.38. The zero-order chi connectivity index (χ0) is 13.0. The molecule has 5 heteroatoms. The Bertz CT molecular complexity index is 495. The van der Waals surface area contributed by atoms with E-state index in [-0.39, 0.29) is 6.04 Å². The third-order valence-corrected chi connectivity index (χ3v) is 3.52. The molecular formula is C13H17N3OS. The van der Waals surface area contributed by atoms with E-state index in [1.807, 2.05) is 30.8 Å². The first-order valence-electron chi connectivity index (χ1n) is 6.07. The number of aromatic nitrogens is 2. The van der Waals surface area contributed by atoms with Crippen molar-refractivity contribution < 1.29 is 4.52 Å². The Labute approximate surface area is 111 Å². The van der Waals surface area contributed by atoms with Gasteiger partial charge in [0.25, 0.3) is 0 Å². The maximum atomic E-state index is 5.85. The largest absolute Gasteiger partial charge is 0.337 e.